The average molecular weight is 513 g/mol. The average Bonchev–Trinajstić information content (AvgIpc) is 3.21. The van der Waals surface area contributed by atoms with E-state index in [1.807, 2.05) is 25.3 Å². The summed E-state index contributed by atoms with van der Waals surface area (Å²) in [6.07, 6.45) is 1.60. The van der Waals surface area contributed by atoms with Crippen molar-refractivity contribution < 1.29 is 28.6 Å². The fourth-order valence-electron chi connectivity index (χ4n) is 2.87. The number of nitrogens with one attached hydrogen (secondary N) is 1. The number of pyridine rings is 1. The van der Waals surface area contributed by atoms with Crippen LogP contribution in [0.1, 0.15) is 35.3 Å². The molecule has 1 aromatic carbocycles. The van der Waals surface area contributed by atoms with Crippen molar-refractivity contribution >= 4 is 43.1 Å². The van der Waals surface area contributed by atoms with Gasteiger partial charge >= 0.3 is 7.60 Å². The van der Waals surface area contributed by atoms with Crippen LogP contribution in [0.4, 0.5) is 5.82 Å². The van der Waals surface area contributed by atoms with Gasteiger partial charge in [-0.1, -0.05) is 6.07 Å². The van der Waals surface area contributed by atoms with Crippen molar-refractivity contribution in [3.63, 3.8) is 0 Å². The van der Waals surface area contributed by atoms with Crippen molar-refractivity contribution in [3.8, 4) is 11.5 Å². The molecular formula is C22H26ClN2O6PS. The molecule has 3 aromatic rings. The van der Waals surface area contributed by atoms with Crippen molar-refractivity contribution in [2.75, 3.05) is 11.9 Å². The standard InChI is InChI=1S/C22H25N2O6PS.ClH/c1-15(2)30-20-10-18(9-19(11-20)29-7-5-16-6-8-32-14-16)22(25)24-21-4-3-17(12-23-21)13-31(26,27)28;/h3-4,6,8-12,14-15H,5,7,13H2,1-2H3,(H,23,24,25)(H2,26,27,28);1H. The van der Waals surface area contributed by atoms with E-state index < -0.39 is 19.7 Å². The lowest BCUT2D eigenvalue weighted by atomic mass is 10.1. The molecule has 0 fully saturated rings. The Labute approximate surface area is 202 Å². The third-order valence-corrected chi connectivity index (χ3v) is 5.72. The molecule has 0 spiro atoms. The molecule has 0 unspecified atom stereocenters. The van der Waals surface area contributed by atoms with Crippen molar-refractivity contribution in [2.24, 2.45) is 0 Å². The molecule has 11 heteroatoms. The van der Waals surface area contributed by atoms with Crippen LogP contribution in [0.15, 0.2) is 53.4 Å². The lowest BCUT2D eigenvalue weighted by molar-refractivity contribution is 0.102. The number of hydrogen-bond donors (Lipinski definition) is 3. The lowest BCUT2D eigenvalue weighted by Gasteiger charge is -2.14. The fraction of sp³-hybridized carbons (Fsp3) is 0.273. The van der Waals surface area contributed by atoms with Crippen molar-refractivity contribution in [3.05, 3.63) is 70.0 Å². The second-order valence-corrected chi connectivity index (χ2v) is 9.84. The minimum Gasteiger partial charge on any atom is -0.493 e. The van der Waals surface area contributed by atoms with Gasteiger partial charge in [0.15, 0.2) is 0 Å². The Hall–Kier alpha value is -2.42. The van der Waals surface area contributed by atoms with E-state index in [0.29, 0.717) is 29.2 Å². The number of nitrogens with zero attached hydrogens (tertiary/aromatic N) is 1. The van der Waals surface area contributed by atoms with Crippen molar-refractivity contribution in [2.45, 2.75) is 32.5 Å². The fourth-order valence-corrected chi connectivity index (χ4v) is 4.23. The van der Waals surface area contributed by atoms with Gasteiger partial charge in [0.25, 0.3) is 5.91 Å². The Morgan fingerprint density at radius 1 is 1.15 bits per heavy atom. The van der Waals surface area contributed by atoms with Crippen LogP contribution in [0.2, 0.25) is 0 Å². The number of rotatable bonds is 10. The summed E-state index contributed by atoms with van der Waals surface area (Å²) in [6.45, 7) is 4.26. The van der Waals surface area contributed by atoms with E-state index in [1.54, 1.807) is 29.5 Å². The first-order valence-electron chi connectivity index (χ1n) is 9.94. The number of anilines is 1. The smallest absolute Gasteiger partial charge is 0.329 e. The number of hydrogen-bond acceptors (Lipinski definition) is 6. The van der Waals surface area contributed by atoms with Gasteiger partial charge in [0, 0.05) is 24.2 Å². The van der Waals surface area contributed by atoms with Gasteiger partial charge in [-0.25, -0.2) is 4.98 Å². The SMILES string of the molecule is CC(C)Oc1cc(OCCc2ccsc2)cc(C(=O)Nc2ccc(CP(=O)(O)O)cn2)c1.Cl. The number of carbonyl (C=O) groups excluding carboxylic acids is 1. The molecule has 0 atom stereocenters. The van der Waals surface area contributed by atoms with E-state index in [1.165, 1.54) is 23.9 Å². The first kappa shape index (κ1) is 26.8. The highest BCUT2D eigenvalue weighted by atomic mass is 35.5. The zero-order valence-corrected chi connectivity index (χ0v) is 20.7. The number of halogens is 1. The van der Waals surface area contributed by atoms with Gasteiger partial charge in [-0.2, -0.15) is 11.3 Å². The van der Waals surface area contributed by atoms with Crippen LogP contribution in [0.3, 0.4) is 0 Å². The van der Waals surface area contributed by atoms with E-state index in [2.05, 4.69) is 15.7 Å². The number of carbonyl (C=O) groups is 1. The monoisotopic (exact) mass is 512 g/mol. The van der Waals surface area contributed by atoms with Gasteiger partial charge < -0.3 is 24.6 Å². The van der Waals surface area contributed by atoms with Gasteiger partial charge in [0.1, 0.15) is 17.3 Å². The van der Waals surface area contributed by atoms with E-state index >= 15 is 0 Å². The second-order valence-electron chi connectivity index (χ2n) is 7.42. The minimum atomic E-state index is -4.18. The molecule has 0 saturated heterocycles. The van der Waals surface area contributed by atoms with Crippen LogP contribution in [0.5, 0.6) is 11.5 Å². The van der Waals surface area contributed by atoms with Gasteiger partial charge in [-0.05, 0) is 60.0 Å². The molecule has 33 heavy (non-hydrogen) atoms. The Kier molecular flexibility index (Phi) is 9.88. The molecule has 3 rings (SSSR count). The molecule has 0 bridgehead atoms. The topological polar surface area (TPSA) is 118 Å². The highest BCUT2D eigenvalue weighted by Gasteiger charge is 2.15. The van der Waals surface area contributed by atoms with Gasteiger partial charge in [0.05, 0.1) is 18.9 Å². The summed E-state index contributed by atoms with van der Waals surface area (Å²) in [7, 11) is -4.18. The maximum Gasteiger partial charge on any atom is 0.329 e. The summed E-state index contributed by atoms with van der Waals surface area (Å²) in [5.74, 6) is 0.897. The van der Waals surface area contributed by atoms with E-state index in [9.17, 15) is 9.36 Å². The summed E-state index contributed by atoms with van der Waals surface area (Å²) in [5.41, 5.74) is 1.91. The van der Waals surface area contributed by atoms with Crippen LogP contribution in [-0.2, 0) is 17.1 Å². The molecule has 8 nitrogen and oxygen atoms in total. The second kappa shape index (κ2) is 12.2. The Morgan fingerprint density at radius 2 is 1.91 bits per heavy atom. The maximum absolute atomic E-state index is 12.8. The number of thiophene rings is 1. The quantitative estimate of drug-likeness (QED) is 0.330. The summed E-state index contributed by atoms with van der Waals surface area (Å²) < 4.78 is 22.7. The summed E-state index contributed by atoms with van der Waals surface area (Å²) >= 11 is 1.63. The van der Waals surface area contributed by atoms with Gasteiger partial charge in [-0.15, -0.1) is 12.4 Å². The normalized spacial score (nSPS) is 11.1. The highest BCUT2D eigenvalue weighted by molar-refractivity contribution is 7.50. The highest BCUT2D eigenvalue weighted by Crippen LogP contribution is 2.38. The third-order valence-electron chi connectivity index (χ3n) is 4.21. The molecule has 0 radical (unpaired) electrons. The lowest BCUT2D eigenvalue weighted by Crippen LogP contribution is -2.14. The minimum absolute atomic E-state index is 0. The Morgan fingerprint density at radius 3 is 2.52 bits per heavy atom. The molecular weight excluding hydrogens is 487 g/mol. The van der Waals surface area contributed by atoms with Crippen LogP contribution >= 0.6 is 31.3 Å². The van der Waals surface area contributed by atoms with Crippen molar-refractivity contribution in [1.82, 2.24) is 4.98 Å². The Balaban J connectivity index is 0.00000385. The molecule has 0 aliphatic rings. The molecule has 2 heterocycles. The van der Waals surface area contributed by atoms with Crippen LogP contribution < -0.4 is 14.8 Å². The molecule has 1 amide bonds. The predicted molar refractivity (Wildman–Crippen MR) is 131 cm³/mol. The van der Waals surface area contributed by atoms with Gasteiger partial charge in [-0.3, -0.25) is 9.36 Å². The van der Waals surface area contributed by atoms with Crippen LogP contribution in [-0.4, -0.2) is 33.4 Å². The molecule has 178 valence electrons. The number of aromatic nitrogens is 1. The van der Waals surface area contributed by atoms with E-state index in [0.717, 1.165) is 6.42 Å². The van der Waals surface area contributed by atoms with E-state index in [4.69, 9.17) is 19.3 Å². The molecule has 2 aromatic heterocycles. The van der Waals surface area contributed by atoms with E-state index in [-0.39, 0.29) is 24.3 Å². The van der Waals surface area contributed by atoms with Gasteiger partial charge in [0.2, 0.25) is 0 Å². The van der Waals surface area contributed by atoms with Crippen molar-refractivity contribution in [1.29, 1.82) is 0 Å². The number of ether oxygens (including phenoxy) is 2. The Bertz CT molecular complexity index is 1090. The third kappa shape index (κ3) is 9.15. The predicted octanol–water partition coefficient (Wildman–Crippen LogP) is 4.90. The first-order valence-corrected chi connectivity index (χ1v) is 12.7. The summed E-state index contributed by atoms with van der Waals surface area (Å²) in [5, 5.41) is 6.76. The van der Waals surface area contributed by atoms with Crippen LogP contribution in [0, 0.1) is 0 Å². The molecule has 0 aliphatic heterocycles. The number of amides is 1. The number of benzene rings is 1. The summed E-state index contributed by atoms with van der Waals surface area (Å²) in [4.78, 5) is 35.0. The summed E-state index contributed by atoms with van der Waals surface area (Å²) in [6, 6.07) is 10.1. The molecule has 0 aliphatic carbocycles. The largest absolute Gasteiger partial charge is 0.493 e. The first-order chi connectivity index (χ1) is 15.2. The van der Waals surface area contributed by atoms with Crippen LogP contribution in [0.25, 0.3) is 0 Å². The maximum atomic E-state index is 12.8. The molecule has 3 N–H and O–H groups in total. The zero-order chi connectivity index (χ0) is 23.1. The molecule has 0 saturated carbocycles. The zero-order valence-electron chi connectivity index (χ0n) is 18.1.